The molecule has 8 heteroatoms. The van der Waals surface area contributed by atoms with Crippen LogP contribution in [0.2, 0.25) is 0 Å². The third-order valence-electron chi connectivity index (χ3n) is 4.41. The predicted octanol–water partition coefficient (Wildman–Crippen LogP) is 1.86. The molecule has 0 aliphatic carbocycles. The van der Waals surface area contributed by atoms with E-state index in [-0.39, 0.29) is 29.6 Å². The Balaban J connectivity index is 1.74. The summed E-state index contributed by atoms with van der Waals surface area (Å²) in [7, 11) is 1.62. The maximum Gasteiger partial charge on any atom is 0.335 e. The fourth-order valence-electron chi connectivity index (χ4n) is 3.17. The molecule has 26 heavy (non-hydrogen) atoms. The third-order valence-corrected chi connectivity index (χ3v) is 4.41. The number of aromatic nitrogens is 2. The van der Waals surface area contributed by atoms with E-state index in [1.165, 1.54) is 29.4 Å². The number of carboxylic acid groups (broad SMARTS) is 1. The van der Waals surface area contributed by atoms with E-state index < -0.39 is 12.1 Å². The Morgan fingerprint density at radius 1 is 1.35 bits per heavy atom. The predicted molar refractivity (Wildman–Crippen MR) is 93.0 cm³/mol. The van der Waals surface area contributed by atoms with Gasteiger partial charge in [0.1, 0.15) is 18.3 Å². The number of amides is 1. The Labute approximate surface area is 150 Å². The number of carbonyl (C=O) groups is 2. The van der Waals surface area contributed by atoms with Crippen LogP contribution in [0.15, 0.2) is 42.9 Å². The molecule has 136 valence electrons. The number of rotatable bonds is 5. The normalized spacial score (nSPS) is 19.4. The smallest absolute Gasteiger partial charge is 0.335 e. The van der Waals surface area contributed by atoms with Gasteiger partial charge < -0.3 is 14.9 Å². The average Bonchev–Trinajstić information content (AvgIpc) is 3.02. The van der Waals surface area contributed by atoms with Gasteiger partial charge in [0.2, 0.25) is 0 Å². The van der Waals surface area contributed by atoms with Crippen LogP contribution in [0.4, 0.5) is 10.2 Å². The highest BCUT2D eigenvalue weighted by Gasteiger charge is 2.34. The second-order valence-corrected chi connectivity index (χ2v) is 6.28. The zero-order chi connectivity index (χ0) is 18.7. The van der Waals surface area contributed by atoms with Crippen LogP contribution in [-0.2, 0) is 0 Å². The van der Waals surface area contributed by atoms with Crippen molar-refractivity contribution in [2.45, 2.75) is 18.6 Å². The molecule has 2 atom stereocenters. The average molecular weight is 358 g/mol. The van der Waals surface area contributed by atoms with Crippen molar-refractivity contribution in [3.8, 4) is 0 Å². The van der Waals surface area contributed by atoms with Crippen molar-refractivity contribution >= 4 is 17.7 Å². The molecule has 0 saturated carbocycles. The van der Waals surface area contributed by atoms with Crippen molar-refractivity contribution in [3.63, 3.8) is 0 Å². The van der Waals surface area contributed by atoms with Gasteiger partial charge in [0, 0.05) is 31.8 Å². The molecule has 2 heterocycles. The highest BCUT2D eigenvalue weighted by atomic mass is 19.1. The minimum atomic E-state index is -1.09. The van der Waals surface area contributed by atoms with E-state index in [4.69, 9.17) is 5.11 Å². The van der Waals surface area contributed by atoms with E-state index in [9.17, 15) is 14.0 Å². The molecule has 7 nitrogen and oxygen atoms in total. The van der Waals surface area contributed by atoms with Crippen molar-refractivity contribution in [3.05, 3.63) is 54.0 Å². The summed E-state index contributed by atoms with van der Waals surface area (Å²) in [4.78, 5) is 35.1. The van der Waals surface area contributed by atoms with Crippen LogP contribution >= 0.6 is 0 Å². The van der Waals surface area contributed by atoms with Gasteiger partial charge in [-0.3, -0.25) is 4.79 Å². The number of carboxylic acids is 1. The summed E-state index contributed by atoms with van der Waals surface area (Å²) in [5.41, 5.74) is 0.340. The first-order valence-corrected chi connectivity index (χ1v) is 8.21. The number of hydrogen-bond acceptors (Lipinski definition) is 5. The van der Waals surface area contributed by atoms with Crippen molar-refractivity contribution in [2.24, 2.45) is 0 Å². The number of hydrogen-bond donors (Lipinski definition) is 1. The van der Waals surface area contributed by atoms with Crippen LogP contribution in [0.25, 0.3) is 0 Å². The number of likely N-dealkylation sites (N-methyl/N-ethyl adjacent to an activating group) is 1. The molecule has 1 aliphatic heterocycles. The summed E-state index contributed by atoms with van der Waals surface area (Å²) < 4.78 is 14.0. The standard InChI is InChI=1S/C18H19FN4O3/c1-22(17(24)12-3-2-4-13(7-12)18(25)26)10-15-8-14(19)9-23(15)16-5-6-20-11-21-16/h2-7,11,14-15H,8-10H2,1H3,(H,25,26)/t14-,15-/m0/s1. The molecule has 1 aromatic heterocycles. The molecule has 1 aromatic carbocycles. The van der Waals surface area contributed by atoms with E-state index >= 15 is 0 Å². The van der Waals surface area contributed by atoms with Gasteiger partial charge >= 0.3 is 5.97 Å². The van der Waals surface area contributed by atoms with Gasteiger partial charge in [0.25, 0.3) is 5.91 Å². The fraction of sp³-hybridized carbons (Fsp3) is 0.333. The molecule has 1 amide bonds. The molecule has 1 saturated heterocycles. The summed E-state index contributed by atoms with van der Waals surface area (Å²) in [5.74, 6) is -0.773. The topological polar surface area (TPSA) is 86.6 Å². The van der Waals surface area contributed by atoms with Crippen LogP contribution in [0, 0.1) is 0 Å². The van der Waals surface area contributed by atoms with E-state index in [1.54, 1.807) is 25.4 Å². The van der Waals surface area contributed by atoms with E-state index in [0.717, 1.165) is 0 Å². The molecule has 0 spiro atoms. The highest BCUT2D eigenvalue weighted by molar-refractivity contribution is 5.97. The van der Waals surface area contributed by atoms with Gasteiger partial charge in [-0.05, 0) is 24.3 Å². The molecule has 0 radical (unpaired) electrons. The first-order chi connectivity index (χ1) is 12.5. The molecular weight excluding hydrogens is 339 g/mol. The second kappa shape index (κ2) is 7.47. The van der Waals surface area contributed by atoms with Crippen molar-refractivity contribution in [2.75, 3.05) is 25.0 Å². The number of carbonyl (C=O) groups excluding carboxylic acids is 1. The number of alkyl halides is 1. The Morgan fingerprint density at radius 2 is 2.12 bits per heavy atom. The summed E-state index contributed by atoms with van der Waals surface area (Å²) in [6, 6.07) is 7.38. The molecule has 0 bridgehead atoms. The maximum atomic E-state index is 14.0. The van der Waals surface area contributed by atoms with E-state index in [0.29, 0.717) is 18.8 Å². The van der Waals surface area contributed by atoms with Crippen LogP contribution in [0.5, 0.6) is 0 Å². The summed E-state index contributed by atoms with van der Waals surface area (Å²) in [6.07, 6.45) is 2.31. The number of halogens is 1. The number of nitrogens with zero attached hydrogens (tertiary/aromatic N) is 4. The number of aromatic carboxylic acids is 1. The molecule has 2 aromatic rings. The zero-order valence-electron chi connectivity index (χ0n) is 14.2. The zero-order valence-corrected chi connectivity index (χ0v) is 14.2. The van der Waals surface area contributed by atoms with E-state index in [2.05, 4.69) is 9.97 Å². The molecule has 0 unspecified atom stereocenters. The van der Waals surface area contributed by atoms with Crippen LogP contribution in [-0.4, -0.2) is 64.2 Å². The lowest BCUT2D eigenvalue weighted by Gasteiger charge is -2.29. The van der Waals surface area contributed by atoms with Gasteiger partial charge in [0.05, 0.1) is 18.2 Å². The molecule has 1 aliphatic rings. The molecule has 1 fully saturated rings. The van der Waals surface area contributed by atoms with Gasteiger partial charge in [-0.1, -0.05) is 6.07 Å². The lowest BCUT2D eigenvalue weighted by molar-refractivity contribution is 0.0697. The van der Waals surface area contributed by atoms with E-state index in [1.807, 2.05) is 4.90 Å². The lowest BCUT2D eigenvalue weighted by atomic mass is 10.1. The number of benzene rings is 1. The summed E-state index contributed by atoms with van der Waals surface area (Å²) in [6.45, 7) is 0.527. The van der Waals surface area contributed by atoms with Crippen molar-refractivity contribution in [1.29, 1.82) is 0 Å². The van der Waals surface area contributed by atoms with Crippen LogP contribution in [0.3, 0.4) is 0 Å². The Morgan fingerprint density at radius 3 is 2.81 bits per heavy atom. The Hall–Kier alpha value is -3.03. The van der Waals surface area contributed by atoms with Gasteiger partial charge in [0.15, 0.2) is 0 Å². The molecule has 3 rings (SSSR count). The monoisotopic (exact) mass is 358 g/mol. The van der Waals surface area contributed by atoms with Crippen molar-refractivity contribution < 1.29 is 19.1 Å². The first-order valence-electron chi connectivity index (χ1n) is 8.21. The maximum absolute atomic E-state index is 14.0. The Kier molecular flexibility index (Phi) is 5.11. The highest BCUT2D eigenvalue weighted by Crippen LogP contribution is 2.26. The van der Waals surface area contributed by atoms with Gasteiger partial charge in [-0.25, -0.2) is 19.2 Å². The first kappa shape index (κ1) is 17.8. The minimum Gasteiger partial charge on any atom is -0.478 e. The summed E-state index contributed by atoms with van der Waals surface area (Å²) in [5, 5.41) is 9.06. The number of anilines is 1. The van der Waals surface area contributed by atoms with Gasteiger partial charge in [-0.2, -0.15) is 0 Å². The SMILES string of the molecule is CN(C[C@@H]1C[C@H](F)CN1c1ccncn1)C(=O)c1cccc(C(=O)O)c1. The van der Waals surface area contributed by atoms with Crippen LogP contribution < -0.4 is 4.90 Å². The van der Waals surface area contributed by atoms with Crippen LogP contribution in [0.1, 0.15) is 27.1 Å². The quantitative estimate of drug-likeness (QED) is 0.878. The Bertz CT molecular complexity index is 802. The third kappa shape index (κ3) is 3.79. The summed E-state index contributed by atoms with van der Waals surface area (Å²) >= 11 is 0. The largest absolute Gasteiger partial charge is 0.478 e. The fourth-order valence-corrected chi connectivity index (χ4v) is 3.17. The van der Waals surface area contributed by atoms with Crippen molar-refractivity contribution in [1.82, 2.24) is 14.9 Å². The molecule has 1 N–H and O–H groups in total. The lowest BCUT2D eigenvalue weighted by Crippen LogP contribution is -2.41. The van der Waals surface area contributed by atoms with Gasteiger partial charge in [-0.15, -0.1) is 0 Å². The second-order valence-electron chi connectivity index (χ2n) is 6.28. The molecular formula is C18H19FN4O3. The minimum absolute atomic E-state index is 0.0524.